The Morgan fingerprint density at radius 2 is 1.79 bits per heavy atom. The first-order valence-electron chi connectivity index (χ1n) is 7.88. The fraction of sp³-hybridized carbons (Fsp3) is 0.647. The molecule has 0 saturated heterocycles. The van der Waals surface area contributed by atoms with E-state index in [-0.39, 0.29) is 0 Å². The molecule has 0 spiro atoms. The summed E-state index contributed by atoms with van der Waals surface area (Å²) in [6.07, 6.45) is 8.06. The predicted octanol–water partition coefficient (Wildman–Crippen LogP) is 4.45. The van der Waals surface area contributed by atoms with Gasteiger partial charge >= 0.3 is 0 Å². The Morgan fingerprint density at radius 1 is 1.11 bits per heavy atom. The molecule has 2 rings (SSSR count). The van der Waals surface area contributed by atoms with Crippen LogP contribution in [0.2, 0.25) is 0 Å². The molecule has 1 aliphatic carbocycles. The molecule has 106 valence electrons. The summed E-state index contributed by atoms with van der Waals surface area (Å²) in [6, 6.07) is 9.16. The van der Waals surface area contributed by atoms with Gasteiger partial charge in [-0.2, -0.15) is 0 Å². The van der Waals surface area contributed by atoms with Gasteiger partial charge in [0.25, 0.3) is 0 Å². The van der Waals surface area contributed by atoms with E-state index in [0.717, 1.165) is 24.2 Å². The molecule has 2 unspecified atom stereocenters. The molecule has 1 saturated carbocycles. The van der Waals surface area contributed by atoms with E-state index in [2.05, 4.69) is 30.9 Å². The van der Waals surface area contributed by atoms with Crippen LogP contribution in [-0.2, 0) is 0 Å². The summed E-state index contributed by atoms with van der Waals surface area (Å²) in [5, 5.41) is 0. The molecule has 1 aliphatic rings. The summed E-state index contributed by atoms with van der Waals surface area (Å²) < 4.78 is 0. The molecule has 1 aromatic carbocycles. The van der Waals surface area contributed by atoms with Crippen LogP contribution in [0.4, 0.5) is 11.4 Å². The average molecular weight is 260 g/mol. The summed E-state index contributed by atoms with van der Waals surface area (Å²) >= 11 is 0. The monoisotopic (exact) mass is 260 g/mol. The van der Waals surface area contributed by atoms with Crippen LogP contribution >= 0.6 is 0 Å². The number of nitrogens with zero attached hydrogens (tertiary/aromatic N) is 1. The van der Waals surface area contributed by atoms with Gasteiger partial charge in [-0.05, 0) is 49.4 Å². The Hall–Kier alpha value is -1.18. The van der Waals surface area contributed by atoms with Crippen LogP contribution in [0.3, 0.4) is 0 Å². The SMILES string of the molecule is CCCN(c1ccc(N)cc1)C1CCCCC1CC. The molecule has 0 radical (unpaired) electrons. The van der Waals surface area contributed by atoms with Crippen LogP contribution < -0.4 is 10.6 Å². The summed E-state index contributed by atoms with van der Waals surface area (Å²) in [5.74, 6) is 0.859. The van der Waals surface area contributed by atoms with Crippen molar-refractivity contribution in [2.24, 2.45) is 5.92 Å². The zero-order valence-electron chi connectivity index (χ0n) is 12.4. The van der Waals surface area contributed by atoms with Crippen LogP contribution in [0.15, 0.2) is 24.3 Å². The van der Waals surface area contributed by atoms with Crippen LogP contribution in [-0.4, -0.2) is 12.6 Å². The van der Waals surface area contributed by atoms with E-state index in [4.69, 9.17) is 5.73 Å². The average Bonchev–Trinajstić information content (AvgIpc) is 2.46. The zero-order chi connectivity index (χ0) is 13.7. The fourth-order valence-corrected chi connectivity index (χ4v) is 3.47. The molecular weight excluding hydrogens is 232 g/mol. The maximum atomic E-state index is 5.81. The van der Waals surface area contributed by atoms with Gasteiger partial charge in [-0.25, -0.2) is 0 Å². The highest BCUT2D eigenvalue weighted by molar-refractivity contribution is 5.53. The number of nitrogens with two attached hydrogens (primary N) is 1. The minimum absolute atomic E-state index is 0.724. The first-order chi connectivity index (χ1) is 9.26. The van der Waals surface area contributed by atoms with Crippen LogP contribution in [0.25, 0.3) is 0 Å². The van der Waals surface area contributed by atoms with Crippen molar-refractivity contribution in [3.63, 3.8) is 0 Å². The van der Waals surface area contributed by atoms with Gasteiger partial charge in [-0.3, -0.25) is 0 Å². The second-order valence-electron chi connectivity index (χ2n) is 5.81. The standard InChI is InChI=1S/C17H28N2/c1-3-13-19(16-11-9-15(18)10-12-16)17-8-6-5-7-14(17)4-2/h9-12,14,17H,3-8,13,18H2,1-2H3. The molecule has 1 fully saturated rings. The topological polar surface area (TPSA) is 29.3 Å². The molecular formula is C17H28N2. The zero-order valence-corrected chi connectivity index (χ0v) is 12.4. The largest absolute Gasteiger partial charge is 0.399 e. The van der Waals surface area contributed by atoms with Gasteiger partial charge in [-0.15, -0.1) is 0 Å². The lowest BCUT2D eigenvalue weighted by Gasteiger charge is -2.41. The number of hydrogen-bond acceptors (Lipinski definition) is 2. The molecule has 2 N–H and O–H groups in total. The molecule has 2 heteroatoms. The van der Waals surface area contributed by atoms with Crippen LogP contribution in [0.1, 0.15) is 52.4 Å². The molecule has 0 heterocycles. The Balaban J connectivity index is 2.20. The van der Waals surface area contributed by atoms with Crippen LogP contribution in [0, 0.1) is 5.92 Å². The van der Waals surface area contributed by atoms with Crippen molar-refractivity contribution < 1.29 is 0 Å². The molecule has 1 aromatic rings. The van der Waals surface area contributed by atoms with Gasteiger partial charge in [0.2, 0.25) is 0 Å². The quantitative estimate of drug-likeness (QED) is 0.792. The van der Waals surface area contributed by atoms with Crippen molar-refractivity contribution in [3.8, 4) is 0 Å². The molecule has 2 nitrogen and oxygen atoms in total. The number of nitrogen functional groups attached to an aromatic ring is 1. The maximum Gasteiger partial charge on any atom is 0.0370 e. The summed E-state index contributed by atoms with van der Waals surface area (Å²) in [6.45, 7) is 5.77. The Morgan fingerprint density at radius 3 is 2.42 bits per heavy atom. The third-order valence-corrected chi connectivity index (χ3v) is 4.48. The fourth-order valence-electron chi connectivity index (χ4n) is 3.47. The molecule has 0 aliphatic heterocycles. The molecule has 19 heavy (non-hydrogen) atoms. The van der Waals surface area contributed by atoms with E-state index in [9.17, 15) is 0 Å². The van der Waals surface area contributed by atoms with Gasteiger partial charge in [0.05, 0.1) is 0 Å². The highest BCUT2D eigenvalue weighted by Crippen LogP contribution is 2.33. The van der Waals surface area contributed by atoms with E-state index in [1.54, 1.807) is 0 Å². The van der Waals surface area contributed by atoms with E-state index in [0.29, 0.717) is 0 Å². The van der Waals surface area contributed by atoms with Crippen molar-refractivity contribution in [2.75, 3.05) is 17.2 Å². The minimum atomic E-state index is 0.724. The van der Waals surface area contributed by atoms with Crippen molar-refractivity contribution in [3.05, 3.63) is 24.3 Å². The molecule has 2 atom stereocenters. The normalized spacial score (nSPS) is 23.3. The number of benzene rings is 1. The smallest absolute Gasteiger partial charge is 0.0370 e. The van der Waals surface area contributed by atoms with E-state index < -0.39 is 0 Å². The summed E-state index contributed by atoms with van der Waals surface area (Å²) in [7, 11) is 0. The first-order valence-corrected chi connectivity index (χ1v) is 7.88. The number of hydrogen-bond donors (Lipinski definition) is 1. The minimum Gasteiger partial charge on any atom is -0.399 e. The van der Waals surface area contributed by atoms with Gasteiger partial charge in [-0.1, -0.05) is 33.1 Å². The summed E-state index contributed by atoms with van der Waals surface area (Å²) in [4.78, 5) is 2.63. The Bertz CT molecular complexity index is 371. The van der Waals surface area contributed by atoms with Crippen molar-refractivity contribution >= 4 is 11.4 Å². The second kappa shape index (κ2) is 6.83. The van der Waals surface area contributed by atoms with Crippen molar-refractivity contribution in [2.45, 2.75) is 58.4 Å². The lowest BCUT2D eigenvalue weighted by molar-refractivity contribution is 0.285. The van der Waals surface area contributed by atoms with Gasteiger partial charge < -0.3 is 10.6 Å². The highest BCUT2D eigenvalue weighted by atomic mass is 15.2. The third-order valence-electron chi connectivity index (χ3n) is 4.48. The maximum absolute atomic E-state index is 5.81. The summed E-state index contributed by atoms with van der Waals surface area (Å²) in [5.41, 5.74) is 8.02. The van der Waals surface area contributed by atoms with Gasteiger partial charge in [0, 0.05) is 24.0 Å². The first kappa shape index (κ1) is 14.2. The second-order valence-corrected chi connectivity index (χ2v) is 5.81. The van der Waals surface area contributed by atoms with Gasteiger partial charge in [0.15, 0.2) is 0 Å². The van der Waals surface area contributed by atoms with Crippen molar-refractivity contribution in [1.29, 1.82) is 0 Å². The van der Waals surface area contributed by atoms with E-state index in [1.165, 1.54) is 44.2 Å². The number of rotatable bonds is 5. The Kier molecular flexibility index (Phi) is 5.12. The molecule has 0 amide bonds. The molecule has 0 aromatic heterocycles. The molecule has 0 bridgehead atoms. The lowest BCUT2D eigenvalue weighted by atomic mass is 9.81. The van der Waals surface area contributed by atoms with Gasteiger partial charge in [0.1, 0.15) is 0 Å². The number of anilines is 2. The third kappa shape index (κ3) is 3.43. The Labute approximate surface area is 118 Å². The van der Waals surface area contributed by atoms with Crippen LogP contribution in [0.5, 0.6) is 0 Å². The van der Waals surface area contributed by atoms with E-state index >= 15 is 0 Å². The van der Waals surface area contributed by atoms with Crippen molar-refractivity contribution in [1.82, 2.24) is 0 Å². The lowest BCUT2D eigenvalue weighted by Crippen LogP contribution is -2.43. The predicted molar refractivity (Wildman–Crippen MR) is 84.5 cm³/mol. The highest BCUT2D eigenvalue weighted by Gasteiger charge is 2.28. The van der Waals surface area contributed by atoms with E-state index in [1.807, 2.05) is 12.1 Å².